The molecule has 0 aliphatic carbocycles. The predicted octanol–water partition coefficient (Wildman–Crippen LogP) is 1.82. The van der Waals surface area contributed by atoms with Gasteiger partial charge in [0.25, 0.3) is 0 Å². The van der Waals surface area contributed by atoms with Gasteiger partial charge in [0.2, 0.25) is 5.91 Å². The number of hydrogen-bond acceptors (Lipinski definition) is 4. The SMILES string of the molecule is Cc1cc2c(N3CCC(N4CC(CF)CC4=O)CC3)nccn2n1. The topological polar surface area (TPSA) is 53.7 Å². The maximum Gasteiger partial charge on any atom is 0.223 e. The molecule has 2 fully saturated rings. The minimum Gasteiger partial charge on any atom is -0.355 e. The lowest BCUT2D eigenvalue weighted by molar-refractivity contribution is -0.130. The fraction of sp³-hybridized carbons (Fsp3) is 0.588. The predicted molar refractivity (Wildman–Crippen MR) is 88.8 cm³/mol. The molecule has 1 amide bonds. The normalized spacial score (nSPS) is 22.8. The zero-order valence-electron chi connectivity index (χ0n) is 13.9. The third-order valence-electron chi connectivity index (χ3n) is 5.15. The van der Waals surface area contributed by atoms with Crippen LogP contribution in [0.3, 0.4) is 0 Å². The van der Waals surface area contributed by atoms with Gasteiger partial charge in [-0.3, -0.25) is 9.18 Å². The van der Waals surface area contributed by atoms with Crippen molar-refractivity contribution in [1.82, 2.24) is 19.5 Å². The van der Waals surface area contributed by atoms with Crippen molar-refractivity contribution >= 4 is 17.2 Å². The number of piperidine rings is 1. The minimum atomic E-state index is -0.395. The lowest BCUT2D eigenvalue weighted by atomic mass is 10.0. The number of amides is 1. The highest BCUT2D eigenvalue weighted by Gasteiger charge is 2.36. The number of carbonyl (C=O) groups excluding carboxylic acids is 1. The van der Waals surface area contributed by atoms with Gasteiger partial charge in [-0.25, -0.2) is 9.50 Å². The number of alkyl halides is 1. The van der Waals surface area contributed by atoms with E-state index in [9.17, 15) is 9.18 Å². The van der Waals surface area contributed by atoms with Crippen molar-refractivity contribution in [3.05, 3.63) is 24.2 Å². The summed E-state index contributed by atoms with van der Waals surface area (Å²) < 4.78 is 14.7. The van der Waals surface area contributed by atoms with Crippen molar-refractivity contribution in [3.63, 3.8) is 0 Å². The van der Waals surface area contributed by atoms with Crippen molar-refractivity contribution in [3.8, 4) is 0 Å². The summed E-state index contributed by atoms with van der Waals surface area (Å²) >= 11 is 0. The third kappa shape index (κ3) is 2.61. The second kappa shape index (κ2) is 6.03. The number of halogens is 1. The van der Waals surface area contributed by atoms with Gasteiger partial charge in [-0.15, -0.1) is 0 Å². The first-order valence-electron chi connectivity index (χ1n) is 8.57. The maximum absolute atomic E-state index is 12.8. The van der Waals surface area contributed by atoms with Crippen LogP contribution in [-0.4, -0.2) is 57.8 Å². The van der Waals surface area contributed by atoms with E-state index >= 15 is 0 Å². The molecule has 1 atom stereocenters. The Morgan fingerprint density at radius 3 is 2.83 bits per heavy atom. The molecule has 128 valence electrons. The smallest absolute Gasteiger partial charge is 0.223 e. The van der Waals surface area contributed by atoms with E-state index in [1.807, 2.05) is 28.6 Å². The number of anilines is 1. The zero-order chi connectivity index (χ0) is 16.7. The van der Waals surface area contributed by atoms with Crippen LogP contribution in [0.25, 0.3) is 5.52 Å². The summed E-state index contributed by atoms with van der Waals surface area (Å²) in [5.41, 5.74) is 1.99. The number of aryl methyl sites for hydroxylation is 1. The molecule has 0 bridgehead atoms. The van der Waals surface area contributed by atoms with Crippen LogP contribution in [0.2, 0.25) is 0 Å². The van der Waals surface area contributed by atoms with Crippen LogP contribution in [0.4, 0.5) is 10.2 Å². The Morgan fingerprint density at radius 2 is 2.12 bits per heavy atom. The van der Waals surface area contributed by atoms with Crippen LogP contribution in [0.5, 0.6) is 0 Å². The van der Waals surface area contributed by atoms with Crippen LogP contribution in [0, 0.1) is 12.8 Å². The summed E-state index contributed by atoms with van der Waals surface area (Å²) in [4.78, 5) is 20.8. The van der Waals surface area contributed by atoms with Crippen molar-refractivity contribution in [1.29, 1.82) is 0 Å². The van der Waals surface area contributed by atoms with E-state index < -0.39 is 6.67 Å². The van der Waals surface area contributed by atoms with Gasteiger partial charge in [-0.05, 0) is 25.8 Å². The molecule has 2 aromatic heterocycles. The zero-order valence-corrected chi connectivity index (χ0v) is 13.9. The van der Waals surface area contributed by atoms with Gasteiger partial charge in [-0.2, -0.15) is 5.10 Å². The number of fused-ring (bicyclic) bond motifs is 1. The van der Waals surface area contributed by atoms with Gasteiger partial charge in [0.15, 0.2) is 5.82 Å². The highest BCUT2D eigenvalue weighted by molar-refractivity contribution is 5.79. The molecule has 4 rings (SSSR count). The van der Waals surface area contributed by atoms with E-state index in [-0.39, 0.29) is 17.9 Å². The van der Waals surface area contributed by atoms with E-state index in [1.165, 1.54) is 0 Å². The summed E-state index contributed by atoms with van der Waals surface area (Å²) in [6, 6.07) is 2.28. The maximum atomic E-state index is 12.8. The molecule has 0 saturated carbocycles. The molecule has 2 aromatic rings. The Morgan fingerprint density at radius 1 is 1.33 bits per heavy atom. The Labute approximate surface area is 140 Å². The minimum absolute atomic E-state index is 0.110. The van der Waals surface area contributed by atoms with Gasteiger partial charge >= 0.3 is 0 Å². The van der Waals surface area contributed by atoms with Gasteiger partial charge < -0.3 is 9.80 Å². The van der Waals surface area contributed by atoms with Gasteiger partial charge in [0.1, 0.15) is 5.52 Å². The standard InChI is InChI=1S/C17H22FN5O/c1-12-8-15-17(19-4-7-23(15)20-12)21-5-2-14(3-6-21)22-11-13(10-18)9-16(22)24/h4,7-8,13-14H,2-3,5-6,9-11H2,1H3. The lowest BCUT2D eigenvalue weighted by Gasteiger charge is -2.37. The van der Waals surface area contributed by atoms with Crippen molar-refractivity contribution in [2.24, 2.45) is 5.92 Å². The van der Waals surface area contributed by atoms with Gasteiger partial charge in [-0.1, -0.05) is 0 Å². The Kier molecular flexibility index (Phi) is 3.86. The number of aromatic nitrogens is 3. The summed E-state index contributed by atoms with van der Waals surface area (Å²) in [7, 11) is 0. The first-order valence-corrected chi connectivity index (χ1v) is 8.57. The summed E-state index contributed by atoms with van der Waals surface area (Å²) in [5, 5.41) is 4.44. The monoisotopic (exact) mass is 331 g/mol. The first kappa shape index (κ1) is 15.4. The lowest BCUT2D eigenvalue weighted by Crippen LogP contribution is -2.46. The quantitative estimate of drug-likeness (QED) is 0.861. The Bertz CT molecular complexity index is 753. The molecule has 0 aromatic carbocycles. The van der Waals surface area contributed by atoms with Crippen LogP contribution >= 0.6 is 0 Å². The molecular weight excluding hydrogens is 309 g/mol. The van der Waals surface area contributed by atoms with Crippen LogP contribution in [0.15, 0.2) is 18.5 Å². The molecule has 2 aliphatic heterocycles. The largest absolute Gasteiger partial charge is 0.355 e. The molecule has 0 N–H and O–H groups in total. The second-order valence-corrected chi connectivity index (χ2v) is 6.86. The molecule has 1 unspecified atom stereocenters. The number of carbonyl (C=O) groups is 1. The van der Waals surface area contributed by atoms with E-state index in [1.54, 1.807) is 6.20 Å². The van der Waals surface area contributed by atoms with E-state index in [0.717, 1.165) is 43.0 Å². The molecule has 24 heavy (non-hydrogen) atoms. The fourth-order valence-electron chi connectivity index (χ4n) is 3.93. The highest BCUT2D eigenvalue weighted by atomic mass is 19.1. The third-order valence-corrected chi connectivity index (χ3v) is 5.15. The number of hydrogen-bond donors (Lipinski definition) is 0. The summed E-state index contributed by atoms with van der Waals surface area (Å²) in [6.07, 6.45) is 5.81. The fourth-order valence-corrected chi connectivity index (χ4v) is 3.93. The average Bonchev–Trinajstić information content (AvgIpc) is 3.16. The van der Waals surface area contributed by atoms with E-state index in [0.29, 0.717) is 13.0 Å². The molecule has 0 spiro atoms. The van der Waals surface area contributed by atoms with Gasteiger partial charge in [0.05, 0.1) is 12.4 Å². The molecule has 4 heterocycles. The van der Waals surface area contributed by atoms with Crippen LogP contribution in [0.1, 0.15) is 25.0 Å². The molecular formula is C17H22FN5O. The van der Waals surface area contributed by atoms with Gasteiger partial charge in [0, 0.05) is 50.4 Å². The van der Waals surface area contributed by atoms with Crippen LogP contribution in [-0.2, 0) is 4.79 Å². The van der Waals surface area contributed by atoms with E-state index in [2.05, 4.69) is 15.0 Å². The van der Waals surface area contributed by atoms with E-state index in [4.69, 9.17) is 0 Å². The number of rotatable bonds is 3. The number of likely N-dealkylation sites (tertiary alicyclic amines) is 1. The first-order chi connectivity index (χ1) is 11.7. The van der Waals surface area contributed by atoms with Crippen LogP contribution < -0.4 is 4.90 Å². The Balaban J connectivity index is 1.47. The molecule has 2 saturated heterocycles. The van der Waals surface area contributed by atoms with Crippen molar-refractivity contribution in [2.45, 2.75) is 32.2 Å². The van der Waals surface area contributed by atoms with Crippen molar-refractivity contribution in [2.75, 3.05) is 31.2 Å². The Hall–Kier alpha value is -2.18. The second-order valence-electron chi connectivity index (χ2n) is 6.86. The number of nitrogens with zero attached hydrogens (tertiary/aromatic N) is 5. The average molecular weight is 331 g/mol. The molecule has 6 nitrogen and oxygen atoms in total. The summed E-state index contributed by atoms with van der Waals surface area (Å²) in [6.45, 7) is 3.86. The molecule has 2 aliphatic rings. The van der Waals surface area contributed by atoms with Crippen molar-refractivity contribution < 1.29 is 9.18 Å². The summed E-state index contributed by atoms with van der Waals surface area (Å²) in [5.74, 6) is 0.953. The molecule has 0 radical (unpaired) electrons. The molecule has 7 heteroatoms. The highest BCUT2D eigenvalue weighted by Crippen LogP contribution is 2.28.